The predicted octanol–water partition coefficient (Wildman–Crippen LogP) is 1.88. The molecule has 0 aromatic carbocycles. The lowest BCUT2D eigenvalue weighted by atomic mass is 10.1. The van der Waals surface area contributed by atoms with Gasteiger partial charge in [-0.1, -0.05) is 6.42 Å². The molecule has 0 aromatic heterocycles. The van der Waals surface area contributed by atoms with E-state index in [1.54, 1.807) is 0 Å². The standard InChI is InChI=1S/C10H17N/c1-3-7-10(2)11-8-5-4-6-9-11/h1,10H,4-9H2,2H3. The summed E-state index contributed by atoms with van der Waals surface area (Å²) in [6.45, 7) is 4.73. The Balaban J connectivity index is 2.27. The van der Waals surface area contributed by atoms with E-state index < -0.39 is 0 Å². The van der Waals surface area contributed by atoms with E-state index in [0.717, 1.165) is 6.42 Å². The van der Waals surface area contributed by atoms with Gasteiger partial charge in [0, 0.05) is 12.5 Å². The van der Waals surface area contributed by atoms with Gasteiger partial charge in [0.25, 0.3) is 0 Å². The van der Waals surface area contributed by atoms with Gasteiger partial charge in [-0.3, -0.25) is 4.90 Å². The van der Waals surface area contributed by atoms with Gasteiger partial charge < -0.3 is 0 Å². The van der Waals surface area contributed by atoms with E-state index in [2.05, 4.69) is 17.7 Å². The molecular formula is C10H17N. The second kappa shape index (κ2) is 4.41. The van der Waals surface area contributed by atoms with Crippen LogP contribution < -0.4 is 0 Å². The molecule has 0 aliphatic carbocycles. The van der Waals surface area contributed by atoms with E-state index in [1.807, 2.05) is 0 Å². The minimum atomic E-state index is 0.597. The molecule has 1 atom stereocenters. The zero-order valence-electron chi connectivity index (χ0n) is 7.34. The summed E-state index contributed by atoms with van der Waals surface area (Å²) >= 11 is 0. The van der Waals surface area contributed by atoms with Crippen LogP contribution in [0.3, 0.4) is 0 Å². The normalized spacial score (nSPS) is 22.5. The number of rotatable bonds is 2. The lowest BCUT2D eigenvalue weighted by Crippen LogP contribution is -2.37. The van der Waals surface area contributed by atoms with E-state index in [-0.39, 0.29) is 0 Å². The van der Waals surface area contributed by atoms with Crippen molar-refractivity contribution in [1.29, 1.82) is 0 Å². The van der Waals surface area contributed by atoms with Gasteiger partial charge in [-0.25, -0.2) is 0 Å². The Labute approximate surface area is 69.8 Å². The molecule has 1 nitrogen and oxygen atoms in total. The van der Waals surface area contributed by atoms with Crippen molar-refractivity contribution >= 4 is 0 Å². The maximum atomic E-state index is 5.26. The molecule has 1 heterocycles. The highest BCUT2D eigenvalue weighted by molar-refractivity contribution is 4.89. The fourth-order valence-electron chi connectivity index (χ4n) is 1.66. The number of hydrogen-bond donors (Lipinski definition) is 0. The number of hydrogen-bond acceptors (Lipinski definition) is 1. The summed E-state index contributed by atoms with van der Waals surface area (Å²) in [5.74, 6) is 2.72. The second-order valence-electron chi connectivity index (χ2n) is 3.35. The van der Waals surface area contributed by atoms with Crippen LogP contribution in [0.25, 0.3) is 0 Å². The zero-order chi connectivity index (χ0) is 8.10. The molecule has 1 unspecified atom stereocenters. The van der Waals surface area contributed by atoms with Crippen molar-refractivity contribution in [2.45, 2.75) is 38.6 Å². The average Bonchev–Trinajstić information content (AvgIpc) is 2.07. The fraction of sp³-hybridized carbons (Fsp3) is 0.800. The van der Waals surface area contributed by atoms with E-state index in [1.165, 1.54) is 32.4 Å². The van der Waals surface area contributed by atoms with Gasteiger partial charge in [-0.2, -0.15) is 0 Å². The van der Waals surface area contributed by atoms with Crippen molar-refractivity contribution in [2.75, 3.05) is 13.1 Å². The van der Waals surface area contributed by atoms with Crippen molar-refractivity contribution in [3.05, 3.63) is 0 Å². The van der Waals surface area contributed by atoms with Crippen LogP contribution in [0, 0.1) is 12.3 Å². The van der Waals surface area contributed by atoms with Crippen LogP contribution in [-0.4, -0.2) is 24.0 Å². The largest absolute Gasteiger partial charge is 0.300 e. The van der Waals surface area contributed by atoms with Crippen molar-refractivity contribution in [2.24, 2.45) is 0 Å². The van der Waals surface area contributed by atoms with Gasteiger partial charge in [-0.15, -0.1) is 12.3 Å². The molecule has 1 rings (SSSR count). The minimum Gasteiger partial charge on any atom is -0.300 e. The van der Waals surface area contributed by atoms with Crippen LogP contribution >= 0.6 is 0 Å². The van der Waals surface area contributed by atoms with Crippen LogP contribution in [0.1, 0.15) is 32.6 Å². The molecule has 1 fully saturated rings. The molecule has 62 valence electrons. The van der Waals surface area contributed by atoms with Gasteiger partial charge in [-0.05, 0) is 32.9 Å². The Morgan fingerprint density at radius 1 is 1.36 bits per heavy atom. The van der Waals surface area contributed by atoms with Crippen molar-refractivity contribution < 1.29 is 0 Å². The summed E-state index contributed by atoms with van der Waals surface area (Å²) in [5, 5.41) is 0. The van der Waals surface area contributed by atoms with Gasteiger partial charge in [0.15, 0.2) is 0 Å². The topological polar surface area (TPSA) is 3.24 Å². The lowest BCUT2D eigenvalue weighted by Gasteiger charge is -2.31. The first-order valence-electron chi connectivity index (χ1n) is 4.52. The summed E-state index contributed by atoms with van der Waals surface area (Å²) in [6, 6.07) is 0.597. The SMILES string of the molecule is C#CCC(C)N1CCCCC1. The van der Waals surface area contributed by atoms with E-state index in [0.29, 0.717) is 6.04 Å². The monoisotopic (exact) mass is 151 g/mol. The van der Waals surface area contributed by atoms with Gasteiger partial charge >= 0.3 is 0 Å². The maximum absolute atomic E-state index is 5.26. The Morgan fingerprint density at radius 3 is 2.55 bits per heavy atom. The number of piperidine rings is 1. The summed E-state index contributed by atoms with van der Waals surface area (Å²) in [5.41, 5.74) is 0. The molecule has 1 heteroatoms. The Hall–Kier alpha value is -0.480. The van der Waals surface area contributed by atoms with Crippen LogP contribution in [0.4, 0.5) is 0 Å². The summed E-state index contributed by atoms with van der Waals surface area (Å²) in [4.78, 5) is 2.50. The smallest absolute Gasteiger partial charge is 0.0240 e. The molecule has 1 saturated heterocycles. The third kappa shape index (κ3) is 2.55. The first kappa shape index (κ1) is 8.62. The number of nitrogens with zero attached hydrogens (tertiary/aromatic N) is 1. The molecule has 0 saturated carbocycles. The molecular weight excluding hydrogens is 134 g/mol. The number of likely N-dealkylation sites (tertiary alicyclic amines) is 1. The predicted molar refractivity (Wildman–Crippen MR) is 48.3 cm³/mol. The molecule has 0 N–H and O–H groups in total. The Morgan fingerprint density at radius 2 is 2.00 bits per heavy atom. The zero-order valence-corrected chi connectivity index (χ0v) is 7.34. The first-order chi connectivity index (χ1) is 5.34. The summed E-state index contributed by atoms with van der Waals surface area (Å²) in [6.07, 6.45) is 10.3. The average molecular weight is 151 g/mol. The third-order valence-electron chi connectivity index (χ3n) is 2.43. The van der Waals surface area contributed by atoms with E-state index in [9.17, 15) is 0 Å². The highest BCUT2D eigenvalue weighted by atomic mass is 15.1. The third-order valence-corrected chi connectivity index (χ3v) is 2.43. The first-order valence-corrected chi connectivity index (χ1v) is 4.52. The lowest BCUT2D eigenvalue weighted by molar-refractivity contribution is 0.176. The van der Waals surface area contributed by atoms with Gasteiger partial charge in [0.2, 0.25) is 0 Å². The van der Waals surface area contributed by atoms with Gasteiger partial charge in [0.1, 0.15) is 0 Å². The molecule has 0 spiro atoms. The maximum Gasteiger partial charge on any atom is 0.0240 e. The highest BCUT2D eigenvalue weighted by Gasteiger charge is 2.14. The van der Waals surface area contributed by atoms with Crippen LogP contribution in [-0.2, 0) is 0 Å². The van der Waals surface area contributed by atoms with Gasteiger partial charge in [0.05, 0.1) is 0 Å². The van der Waals surface area contributed by atoms with Crippen molar-refractivity contribution in [3.8, 4) is 12.3 Å². The minimum absolute atomic E-state index is 0.597. The molecule has 0 radical (unpaired) electrons. The Bertz CT molecular complexity index is 139. The molecule has 1 aliphatic rings. The quantitative estimate of drug-likeness (QED) is 0.545. The van der Waals surface area contributed by atoms with Crippen LogP contribution in [0.2, 0.25) is 0 Å². The molecule has 0 bridgehead atoms. The fourth-order valence-corrected chi connectivity index (χ4v) is 1.66. The molecule has 1 aliphatic heterocycles. The van der Waals surface area contributed by atoms with E-state index >= 15 is 0 Å². The molecule has 0 amide bonds. The number of terminal acetylenes is 1. The van der Waals surface area contributed by atoms with Crippen LogP contribution in [0.5, 0.6) is 0 Å². The van der Waals surface area contributed by atoms with Crippen molar-refractivity contribution in [3.63, 3.8) is 0 Å². The van der Waals surface area contributed by atoms with Crippen LogP contribution in [0.15, 0.2) is 0 Å². The summed E-state index contributed by atoms with van der Waals surface area (Å²) in [7, 11) is 0. The second-order valence-corrected chi connectivity index (χ2v) is 3.35. The van der Waals surface area contributed by atoms with E-state index in [4.69, 9.17) is 6.42 Å². The van der Waals surface area contributed by atoms with Crippen molar-refractivity contribution in [1.82, 2.24) is 4.90 Å². The molecule has 11 heavy (non-hydrogen) atoms. The highest BCUT2D eigenvalue weighted by Crippen LogP contribution is 2.13. The summed E-state index contributed by atoms with van der Waals surface area (Å²) < 4.78 is 0. The Kier molecular flexibility index (Phi) is 3.45. The molecule has 0 aromatic rings.